The monoisotopic (exact) mass is 402 g/mol. The van der Waals surface area contributed by atoms with E-state index >= 15 is 0 Å². The first kappa shape index (κ1) is 24.0. The summed E-state index contributed by atoms with van der Waals surface area (Å²) in [6, 6.07) is 14.2. The van der Waals surface area contributed by atoms with Crippen LogP contribution >= 0.6 is 0 Å². The maximum absolute atomic E-state index is 10.8. The molecule has 0 aliphatic rings. The molecule has 0 aromatic heterocycles. The Bertz CT molecular complexity index is 722. The van der Waals surface area contributed by atoms with Gasteiger partial charge in [-0.2, -0.15) is 0 Å². The van der Waals surface area contributed by atoms with E-state index in [1.165, 1.54) is 12.7 Å². The molecule has 0 radical (unpaired) electrons. The van der Waals surface area contributed by atoms with Crippen molar-refractivity contribution in [2.24, 2.45) is 0 Å². The Hall–Kier alpha value is -3.02. The summed E-state index contributed by atoms with van der Waals surface area (Å²) in [5.41, 5.74) is 2.31. The van der Waals surface area contributed by atoms with Crippen molar-refractivity contribution in [1.82, 2.24) is 0 Å². The molecule has 0 heterocycles. The molecule has 0 bridgehead atoms. The zero-order valence-corrected chi connectivity index (χ0v) is 16.8. The molecule has 0 amide bonds. The highest BCUT2D eigenvalue weighted by Crippen LogP contribution is 2.13. The van der Waals surface area contributed by atoms with Gasteiger partial charge in [-0.15, -0.1) is 0 Å². The molecule has 2 aromatic rings. The van der Waals surface area contributed by atoms with Crippen LogP contribution in [0, 0.1) is 0 Å². The number of hydrogen-bond acceptors (Lipinski definition) is 5. The Labute approximate surface area is 171 Å². The summed E-state index contributed by atoms with van der Waals surface area (Å²) < 4.78 is 4.55. The average molecular weight is 402 g/mol. The predicted octanol–water partition coefficient (Wildman–Crippen LogP) is 4.47. The first-order chi connectivity index (χ1) is 13.9. The molecule has 0 aliphatic carbocycles. The fourth-order valence-electron chi connectivity index (χ4n) is 2.63. The molecule has 0 saturated heterocycles. The van der Waals surface area contributed by atoms with E-state index in [1.807, 2.05) is 24.3 Å². The van der Waals surface area contributed by atoms with Gasteiger partial charge in [0.15, 0.2) is 0 Å². The number of aromatic hydroxyl groups is 2. The average Bonchev–Trinajstić information content (AvgIpc) is 2.71. The molecule has 158 valence electrons. The quantitative estimate of drug-likeness (QED) is 0.400. The lowest BCUT2D eigenvalue weighted by molar-refractivity contribution is -0.140. The Balaban J connectivity index is 0.000000291. The molecule has 0 spiro atoms. The number of hydrogen-bond donors (Lipinski definition) is 3. The van der Waals surface area contributed by atoms with Crippen molar-refractivity contribution >= 4 is 11.9 Å². The Morgan fingerprint density at radius 1 is 0.724 bits per heavy atom. The van der Waals surface area contributed by atoms with E-state index < -0.39 is 5.97 Å². The summed E-state index contributed by atoms with van der Waals surface area (Å²) in [5.74, 6) is -0.344. The second kappa shape index (κ2) is 14.0. The lowest BCUT2D eigenvalue weighted by Gasteiger charge is -2.01. The molecule has 2 aromatic carbocycles. The van der Waals surface area contributed by atoms with Crippen molar-refractivity contribution in [3.05, 3.63) is 59.7 Å². The zero-order chi connectivity index (χ0) is 21.5. The summed E-state index contributed by atoms with van der Waals surface area (Å²) in [4.78, 5) is 21.0. The maximum atomic E-state index is 10.8. The molecular formula is C23H30O6. The van der Waals surface area contributed by atoms with Crippen LogP contribution in [-0.4, -0.2) is 34.4 Å². The minimum atomic E-state index is -0.740. The minimum absolute atomic E-state index is 0.152. The molecule has 0 unspecified atom stereocenters. The van der Waals surface area contributed by atoms with Crippen LogP contribution in [0.25, 0.3) is 0 Å². The molecule has 2 rings (SSSR count). The first-order valence-electron chi connectivity index (χ1n) is 9.75. The van der Waals surface area contributed by atoms with Gasteiger partial charge in [0, 0.05) is 12.8 Å². The van der Waals surface area contributed by atoms with E-state index in [2.05, 4.69) is 4.74 Å². The van der Waals surface area contributed by atoms with Crippen LogP contribution < -0.4 is 0 Å². The van der Waals surface area contributed by atoms with Gasteiger partial charge in [0.05, 0.1) is 7.11 Å². The van der Waals surface area contributed by atoms with E-state index in [0.29, 0.717) is 12.8 Å². The normalized spacial score (nSPS) is 9.97. The smallest absolute Gasteiger partial charge is 0.305 e. The molecule has 0 atom stereocenters. The van der Waals surface area contributed by atoms with Gasteiger partial charge < -0.3 is 20.1 Å². The zero-order valence-electron chi connectivity index (χ0n) is 16.8. The van der Waals surface area contributed by atoms with Crippen molar-refractivity contribution < 1.29 is 29.6 Å². The lowest BCUT2D eigenvalue weighted by Crippen LogP contribution is -1.99. The second-order valence-electron chi connectivity index (χ2n) is 6.72. The number of aryl methyl sites for hydroxylation is 2. The minimum Gasteiger partial charge on any atom is -0.508 e. The van der Waals surface area contributed by atoms with E-state index in [4.69, 9.17) is 15.3 Å². The number of phenolic OH excluding ortho intramolecular Hbond substituents is 2. The van der Waals surface area contributed by atoms with Crippen LogP contribution in [0.5, 0.6) is 11.5 Å². The number of benzene rings is 2. The maximum Gasteiger partial charge on any atom is 0.305 e. The number of ether oxygens (including phenoxy) is 1. The van der Waals surface area contributed by atoms with Crippen molar-refractivity contribution in [1.29, 1.82) is 0 Å². The van der Waals surface area contributed by atoms with Gasteiger partial charge in [0.25, 0.3) is 0 Å². The highest BCUT2D eigenvalue weighted by Gasteiger charge is 2.00. The highest BCUT2D eigenvalue weighted by molar-refractivity contribution is 5.69. The van der Waals surface area contributed by atoms with E-state index in [1.54, 1.807) is 24.3 Å². The van der Waals surface area contributed by atoms with Gasteiger partial charge in [-0.25, -0.2) is 0 Å². The van der Waals surface area contributed by atoms with Gasteiger partial charge in [-0.1, -0.05) is 24.3 Å². The number of esters is 1. The van der Waals surface area contributed by atoms with Crippen molar-refractivity contribution in [3.63, 3.8) is 0 Å². The fraction of sp³-hybridized carbons (Fsp3) is 0.391. The lowest BCUT2D eigenvalue weighted by atomic mass is 10.1. The highest BCUT2D eigenvalue weighted by atomic mass is 16.5. The number of carboxylic acid groups (broad SMARTS) is 1. The van der Waals surface area contributed by atoms with Crippen LogP contribution in [0.15, 0.2) is 48.5 Å². The number of carbonyl (C=O) groups excluding carboxylic acids is 1. The van der Waals surface area contributed by atoms with Crippen LogP contribution in [-0.2, 0) is 27.2 Å². The topological polar surface area (TPSA) is 104 Å². The summed E-state index contributed by atoms with van der Waals surface area (Å²) in [6.45, 7) is 0. The number of methoxy groups -OCH3 is 1. The number of carbonyl (C=O) groups is 2. The second-order valence-corrected chi connectivity index (χ2v) is 6.72. The Morgan fingerprint density at radius 2 is 1.14 bits per heavy atom. The molecule has 29 heavy (non-hydrogen) atoms. The number of aliphatic carboxylic acids is 1. The summed E-state index contributed by atoms with van der Waals surface area (Å²) >= 11 is 0. The van der Waals surface area contributed by atoms with E-state index in [0.717, 1.165) is 37.7 Å². The van der Waals surface area contributed by atoms with Crippen molar-refractivity contribution in [2.75, 3.05) is 7.11 Å². The number of unbranched alkanes of at least 4 members (excludes halogenated alkanes) is 2. The third-order valence-electron chi connectivity index (χ3n) is 4.30. The van der Waals surface area contributed by atoms with Crippen LogP contribution in [0.2, 0.25) is 0 Å². The largest absolute Gasteiger partial charge is 0.508 e. The van der Waals surface area contributed by atoms with Crippen molar-refractivity contribution in [3.8, 4) is 11.5 Å². The van der Waals surface area contributed by atoms with Crippen LogP contribution in [0.3, 0.4) is 0 Å². The van der Waals surface area contributed by atoms with E-state index in [-0.39, 0.29) is 23.9 Å². The van der Waals surface area contributed by atoms with Crippen molar-refractivity contribution in [2.45, 2.75) is 51.4 Å². The van der Waals surface area contributed by atoms with Gasteiger partial charge in [-0.3, -0.25) is 9.59 Å². The molecule has 6 nitrogen and oxygen atoms in total. The number of carboxylic acids is 1. The third-order valence-corrected chi connectivity index (χ3v) is 4.30. The number of rotatable bonds is 10. The molecule has 0 saturated carbocycles. The van der Waals surface area contributed by atoms with Gasteiger partial charge in [-0.05, 0) is 73.9 Å². The van der Waals surface area contributed by atoms with Gasteiger partial charge in [0.1, 0.15) is 11.5 Å². The molecule has 3 N–H and O–H groups in total. The fourth-order valence-corrected chi connectivity index (χ4v) is 2.63. The molecular weight excluding hydrogens is 372 g/mol. The van der Waals surface area contributed by atoms with E-state index in [9.17, 15) is 9.59 Å². The van der Waals surface area contributed by atoms with Gasteiger partial charge >= 0.3 is 11.9 Å². The van der Waals surface area contributed by atoms with Crippen LogP contribution in [0.4, 0.5) is 0 Å². The Morgan fingerprint density at radius 3 is 1.52 bits per heavy atom. The predicted molar refractivity (Wildman–Crippen MR) is 111 cm³/mol. The summed E-state index contributed by atoms with van der Waals surface area (Å²) in [7, 11) is 1.41. The number of phenols is 2. The third kappa shape index (κ3) is 12.1. The molecule has 0 aliphatic heterocycles. The summed E-state index contributed by atoms with van der Waals surface area (Å²) in [6.07, 6.45) is 5.89. The van der Waals surface area contributed by atoms with Gasteiger partial charge in [0.2, 0.25) is 0 Å². The van der Waals surface area contributed by atoms with Crippen LogP contribution in [0.1, 0.15) is 49.7 Å². The standard InChI is InChI=1S/C12H16O3.C11H14O3/c1-15-12(14)5-3-2-4-10-6-8-11(13)9-7-10;12-10-7-5-9(6-8-10)3-1-2-4-11(13)14/h6-9,13H,2-5H2,1H3;5-8,12H,1-4H2,(H,13,14). The summed E-state index contributed by atoms with van der Waals surface area (Å²) in [5, 5.41) is 26.5. The molecule has 6 heteroatoms. The molecule has 0 fully saturated rings. The SMILES string of the molecule is COC(=O)CCCCc1ccc(O)cc1.O=C(O)CCCCc1ccc(O)cc1. The first-order valence-corrected chi connectivity index (χ1v) is 9.75. The Kier molecular flexibility index (Phi) is 11.6.